The molecule has 11 aliphatic rings. The zero-order valence-electron chi connectivity index (χ0n) is 45.0. The van der Waals surface area contributed by atoms with Crippen LogP contribution in [0.15, 0.2) is 206 Å². The Hall–Kier alpha value is -7.98. The number of rotatable bonds is 7. The van der Waals surface area contributed by atoms with E-state index in [1.54, 1.807) is 5.56 Å². The monoisotopic (exact) mass is 1220 g/mol. The molecule has 0 radical (unpaired) electrons. The van der Waals surface area contributed by atoms with E-state index in [2.05, 4.69) is 234 Å². The number of aromatic nitrogens is 2. The van der Waals surface area contributed by atoms with Gasteiger partial charge >= 0.3 is 0 Å². The van der Waals surface area contributed by atoms with Gasteiger partial charge in [-0.3, -0.25) is 0 Å². The van der Waals surface area contributed by atoms with E-state index < -0.39 is 0 Å². The SMILES string of the molecule is Cc1cc(-n2c3[c-]c(Oc4[c-]c(N5[CH-]N(c6cccc7c6C6c8ccccc8C7C7c8ccccc8C6c6ccccc67)c6ccccc65)ccc4)ccc3c3ccccc32)ncc1-c1ccc(C23CC4CC(CC(C4)C2)C3)cc1.[Pt]. The van der Waals surface area contributed by atoms with Gasteiger partial charge in [0.15, 0.2) is 0 Å². The third-order valence-electron chi connectivity index (χ3n) is 20.3. The van der Waals surface area contributed by atoms with Crippen LogP contribution in [0.3, 0.4) is 0 Å². The van der Waals surface area contributed by atoms with Crippen LogP contribution in [-0.4, -0.2) is 9.55 Å². The summed E-state index contributed by atoms with van der Waals surface area (Å²) < 4.78 is 9.06. The Kier molecular flexibility index (Phi) is 10.6. The Bertz CT molecular complexity index is 4300. The second-order valence-corrected chi connectivity index (χ2v) is 24.5. The molecule has 5 nitrogen and oxygen atoms in total. The van der Waals surface area contributed by atoms with Gasteiger partial charge in [0.2, 0.25) is 0 Å². The first kappa shape index (κ1) is 47.8. The summed E-state index contributed by atoms with van der Waals surface area (Å²) in [6, 6.07) is 82.0. The molecule has 11 aromatic rings. The van der Waals surface area contributed by atoms with E-state index in [0.29, 0.717) is 16.9 Å². The third-order valence-corrected chi connectivity index (χ3v) is 20.3. The quantitative estimate of drug-likeness (QED) is 0.149. The minimum atomic E-state index is 0. The van der Waals surface area contributed by atoms with Crippen molar-refractivity contribution in [3.05, 3.63) is 281 Å². The maximum absolute atomic E-state index is 6.81. The number of hydrogen-bond donors (Lipinski definition) is 0. The van der Waals surface area contributed by atoms with Crippen LogP contribution in [0.5, 0.6) is 11.5 Å². The summed E-state index contributed by atoms with van der Waals surface area (Å²) in [6.45, 7) is 4.49. The zero-order chi connectivity index (χ0) is 52.4. The van der Waals surface area contributed by atoms with Crippen molar-refractivity contribution in [1.29, 1.82) is 0 Å². The van der Waals surface area contributed by atoms with Crippen molar-refractivity contribution in [3.63, 3.8) is 0 Å². The van der Waals surface area contributed by atoms with Gasteiger partial charge in [-0.25, -0.2) is 4.98 Å². The molecule has 22 rings (SSSR count). The molecular formula is C75H57N4OPt-3. The van der Waals surface area contributed by atoms with Gasteiger partial charge in [0, 0.05) is 90.6 Å². The fraction of sp³-hybridized carbons (Fsp3) is 0.200. The van der Waals surface area contributed by atoms with Crippen LogP contribution in [-0.2, 0) is 26.5 Å². The number of pyridine rings is 1. The maximum atomic E-state index is 6.81. The van der Waals surface area contributed by atoms with Crippen LogP contribution in [0.2, 0.25) is 0 Å². The van der Waals surface area contributed by atoms with Crippen molar-refractivity contribution in [3.8, 4) is 28.4 Å². The average molecular weight is 1230 g/mol. The summed E-state index contributed by atoms with van der Waals surface area (Å²) in [7, 11) is 0. The second kappa shape index (κ2) is 18.0. The number of aryl methyl sites for hydroxylation is 1. The molecule has 2 unspecified atom stereocenters. The molecule has 4 fully saturated rings. The Balaban J connectivity index is 0.00000523. The Morgan fingerprint density at radius 1 is 0.506 bits per heavy atom. The van der Waals surface area contributed by atoms with E-state index in [1.807, 2.05) is 12.1 Å². The molecule has 0 spiro atoms. The van der Waals surface area contributed by atoms with E-state index in [1.165, 1.54) is 105 Å². The number of benzene rings is 9. The number of fused-ring (bicyclic) bond motifs is 4. The minimum absolute atomic E-state index is 0. The Morgan fingerprint density at radius 3 is 1.72 bits per heavy atom. The van der Waals surface area contributed by atoms with Gasteiger partial charge in [-0.2, -0.15) is 12.1 Å². The molecule has 0 saturated heterocycles. The van der Waals surface area contributed by atoms with Gasteiger partial charge in [-0.1, -0.05) is 145 Å². The summed E-state index contributed by atoms with van der Waals surface area (Å²) in [6.07, 6.45) is 10.6. The first-order chi connectivity index (χ1) is 39.5. The first-order valence-corrected chi connectivity index (χ1v) is 29.2. The molecule has 6 heteroatoms. The van der Waals surface area contributed by atoms with Crippen molar-refractivity contribution in [2.45, 2.75) is 74.5 Å². The molecular weight excluding hydrogens is 1170 g/mol. The van der Waals surface area contributed by atoms with Crippen LogP contribution >= 0.6 is 0 Å². The van der Waals surface area contributed by atoms with Gasteiger partial charge in [-0.05, 0) is 166 Å². The second-order valence-electron chi connectivity index (χ2n) is 24.5. The van der Waals surface area contributed by atoms with Crippen LogP contribution < -0.4 is 14.5 Å². The van der Waals surface area contributed by atoms with Gasteiger partial charge in [0.1, 0.15) is 5.82 Å². The van der Waals surface area contributed by atoms with Crippen LogP contribution in [0.4, 0.5) is 22.7 Å². The van der Waals surface area contributed by atoms with Crippen molar-refractivity contribution >= 4 is 44.6 Å². The number of hydrogen-bond acceptors (Lipinski definition) is 4. The zero-order valence-corrected chi connectivity index (χ0v) is 47.3. The third kappa shape index (κ3) is 7.04. The molecule has 2 aromatic heterocycles. The predicted molar refractivity (Wildman–Crippen MR) is 321 cm³/mol. The normalized spacial score (nSPS) is 23.8. The molecule has 0 N–H and O–H groups in total. The van der Waals surface area contributed by atoms with Crippen molar-refractivity contribution in [2.24, 2.45) is 17.8 Å². The van der Waals surface area contributed by atoms with Gasteiger partial charge in [-0.15, -0.1) is 48.1 Å². The number of nitrogens with zero attached hydrogens (tertiary/aromatic N) is 4. The van der Waals surface area contributed by atoms with Crippen LogP contribution in [0, 0.1) is 43.5 Å². The van der Waals surface area contributed by atoms with E-state index in [4.69, 9.17) is 9.72 Å². The fourth-order valence-corrected chi connectivity index (χ4v) is 17.6. The Morgan fingerprint density at radius 2 is 1.05 bits per heavy atom. The summed E-state index contributed by atoms with van der Waals surface area (Å²) in [4.78, 5) is 9.92. The molecule has 9 aromatic carbocycles. The average Bonchev–Trinajstić information content (AvgIpc) is 3.19. The number of para-hydroxylation sites is 3. The Labute approximate surface area is 488 Å². The number of anilines is 4. The van der Waals surface area contributed by atoms with Gasteiger partial charge < -0.3 is 19.1 Å². The molecule has 2 atom stereocenters. The molecule has 0 amide bonds. The van der Waals surface area contributed by atoms with Crippen LogP contribution in [0.25, 0.3) is 38.8 Å². The molecule has 1 aliphatic heterocycles. The minimum Gasteiger partial charge on any atom is -0.509 e. The van der Waals surface area contributed by atoms with Crippen LogP contribution in [0.1, 0.15) is 118 Å². The van der Waals surface area contributed by atoms with Crippen molar-refractivity contribution < 1.29 is 25.8 Å². The summed E-state index contributed by atoms with van der Waals surface area (Å²) in [5, 5.41) is 2.26. The molecule has 4 saturated carbocycles. The molecule has 81 heavy (non-hydrogen) atoms. The van der Waals surface area contributed by atoms with E-state index >= 15 is 0 Å². The summed E-state index contributed by atoms with van der Waals surface area (Å²) in [5.41, 5.74) is 23.5. The molecule has 8 bridgehead atoms. The van der Waals surface area contributed by atoms with Crippen molar-refractivity contribution in [1.82, 2.24) is 9.55 Å². The van der Waals surface area contributed by atoms with Crippen molar-refractivity contribution in [2.75, 3.05) is 9.80 Å². The molecule has 10 aliphatic carbocycles. The van der Waals surface area contributed by atoms with Gasteiger partial charge in [0.05, 0.1) is 0 Å². The van der Waals surface area contributed by atoms with Gasteiger partial charge in [0.25, 0.3) is 0 Å². The van der Waals surface area contributed by atoms with E-state index in [-0.39, 0.29) is 44.7 Å². The fourth-order valence-electron chi connectivity index (χ4n) is 17.6. The standard InChI is InChI=1S/C75H57N4O.Pt/c1-45-34-69(76-43-63(45)49-28-30-50(31-29-49)75-40-46-35-47(41-75)37-48(36-46)42-75)79-64-24-9-8-16-54(64)55-33-32-53(39-68(55)79)80-52-15-12-14-51(38-52)77-44-78(66-26-11-10-25-65(66)77)67-27-13-23-62-72-60-21-6-7-22-61(60)74(73(62)67)71-58-19-4-2-17-56(58)70(72)57-18-3-5-20-59(57)71;/h2-34,43-44,46-48,70-72,74H,35-37,40-42H2,1H3;/q-3;. The number of ether oxygens (including phenoxy) is 1. The molecule has 3 heterocycles. The largest absolute Gasteiger partial charge is 0.509 e. The smallest absolute Gasteiger partial charge is 0.135 e. The summed E-state index contributed by atoms with van der Waals surface area (Å²) in [5.74, 6) is 5.54. The topological polar surface area (TPSA) is 33.5 Å². The predicted octanol–water partition coefficient (Wildman–Crippen LogP) is 18.3. The maximum Gasteiger partial charge on any atom is 0.135 e. The first-order valence-electron chi connectivity index (χ1n) is 29.2. The summed E-state index contributed by atoms with van der Waals surface area (Å²) >= 11 is 0. The van der Waals surface area contributed by atoms with E-state index in [0.717, 1.165) is 62.4 Å². The van der Waals surface area contributed by atoms with E-state index in [9.17, 15) is 0 Å². The molecule has 396 valence electrons.